The molecule has 2 nitrogen and oxygen atoms in total. The quantitative estimate of drug-likeness (QED) is 0.776. The van der Waals surface area contributed by atoms with Crippen LogP contribution in [0, 0.1) is 17.2 Å². The number of hydrogen-bond acceptors (Lipinski definition) is 2. The number of methoxy groups -OCH3 is 1. The molecule has 20 heavy (non-hydrogen) atoms. The summed E-state index contributed by atoms with van der Waals surface area (Å²) in [6.45, 7) is 10.7. The summed E-state index contributed by atoms with van der Waals surface area (Å²) in [7, 11) is 1.51. The molecule has 0 aromatic heterocycles. The highest BCUT2D eigenvalue weighted by Gasteiger charge is 2.24. The maximum absolute atomic E-state index is 14.2. The molecule has 1 atom stereocenters. The number of halogens is 1. The lowest BCUT2D eigenvalue weighted by molar-refractivity contribution is 0.280. The van der Waals surface area contributed by atoms with Crippen LogP contribution in [0.25, 0.3) is 0 Å². The normalized spacial score (nSPS) is 14.3. The SMILES string of the molecule is CCC(C)(CNCC(C)C)Cc1cccc(OC)c1F. The number of ether oxygens (including phenoxy) is 1. The average molecular weight is 281 g/mol. The molecule has 1 aromatic carbocycles. The predicted molar refractivity (Wildman–Crippen MR) is 82.8 cm³/mol. The van der Waals surface area contributed by atoms with Crippen LogP contribution < -0.4 is 10.1 Å². The number of hydrogen-bond donors (Lipinski definition) is 1. The summed E-state index contributed by atoms with van der Waals surface area (Å²) in [5.41, 5.74) is 0.794. The Bertz CT molecular complexity index is 419. The molecule has 3 heteroatoms. The fourth-order valence-electron chi connectivity index (χ4n) is 2.29. The predicted octanol–water partition coefficient (Wildman–Crippen LogP) is 4.04. The molecule has 0 aliphatic rings. The molecular formula is C17H28FNO. The lowest BCUT2D eigenvalue weighted by Crippen LogP contribution is -2.35. The van der Waals surface area contributed by atoms with Crippen LogP contribution in [-0.4, -0.2) is 20.2 Å². The van der Waals surface area contributed by atoms with E-state index in [1.807, 2.05) is 12.1 Å². The maximum Gasteiger partial charge on any atom is 0.168 e. The van der Waals surface area contributed by atoms with E-state index in [1.165, 1.54) is 7.11 Å². The molecule has 1 rings (SSSR count). The van der Waals surface area contributed by atoms with Crippen LogP contribution in [-0.2, 0) is 6.42 Å². The van der Waals surface area contributed by atoms with Crippen molar-refractivity contribution in [2.24, 2.45) is 11.3 Å². The summed E-state index contributed by atoms with van der Waals surface area (Å²) in [6.07, 6.45) is 1.73. The Hall–Kier alpha value is -1.09. The van der Waals surface area contributed by atoms with Crippen molar-refractivity contribution >= 4 is 0 Å². The van der Waals surface area contributed by atoms with E-state index in [4.69, 9.17) is 4.74 Å². The molecule has 114 valence electrons. The third-order valence-corrected chi connectivity index (χ3v) is 3.84. The van der Waals surface area contributed by atoms with E-state index in [9.17, 15) is 4.39 Å². The van der Waals surface area contributed by atoms with Gasteiger partial charge in [0.2, 0.25) is 0 Å². The maximum atomic E-state index is 14.2. The minimum Gasteiger partial charge on any atom is -0.494 e. The molecule has 1 aromatic rings. The second kappa shape index (κ2) is 7.63. The van der Waals surface area contributed by atoms with Gasteiger partial charge >= 0.3 is 0 Å². The Morgan fingerprint density at radius 1 is 1.35 bits per heavy atom. The number of benzene rings is 1. The Balaban J connectivity index is 2.76. The first kappa shape index (κ1) is 17.0. The van der Waals surface area contributed by atoms with Gasteiger partial charge in [-0.1, -0.05) is 39.8 Å². The van der Waals surface area contributed by atoms with Gasteiger partial charge in [0.25, 0.3) is 0 Å². The van der Waals surface area contributed by atoms with E-state index in [-0.39, 0.29) is 11.2 Å². The first-order chi connectivity index (χ1) is 9.41. The van der Waals surface area contributed by atoms with Gasteiger partial charge in [-0.25, -0.2) is 4.39 Å². The minimum atomic E-state index is -0.224. The van der Waals surface area contributed by atoms with E-state index in [2.05, 4.69) is 33.0 Å². The Morgan fingerprint density at radius 3 is 2.60 bits per heavy atom. The molecule has 0 radical (unpaired) electrons. The Morgan fingerprint density at radius 2 is 2.05 bits per heavy atom. The van der Waals surface area contributed by atoms with Crippen LogP contribution in [0.3, 0.4) is 0 Å². The van der Waals surface area contributed by atoms with Crippen LogP contribution in [0.15, 0.2) is 18.2 Å². The fraction of sp³-hybridized carbons (Fsp3) is 0.647. The summed E-state index contributed by atoms with van der Waals surface area (Å²) in [6, 6.07) is 5.38. The molecule has 0 bridgehead atoms. The molecule has 1 unspecified atom stereocenters. The summed E-state index contributed by atoms with van der Waals surface area (Å²) >= 11 is 0. The van der Waals surface area contributed by atoms with Crippen LogP contribution in [0.5, 0.6) is 5.75 Å². The minimum absolute atomic E-state index is 0.0576. The molecule has 0 amide bonds. The molecule has 1 N–H and O–H groups in total. The monoisotopic (exact) mass is 281 g/mol. The molecule has 0 fully saturated rings. The smallest absolute Gasteiger partial charge is 0.168 e. The number of nitrogens with one attached hydrogen (secondary N) is 1. The zero-order valence-electron chi connectivity index (χ0n) is 13.4. The molecule has 0 saturated heterocycles. The van der Waals surface area contributed by atoms with Crippen LogP contribution in [0.2, 0.25) is 0 Å². The standard InChI is InChI=1S/C17H28FNO/c1-6-17(4,12-19-11-13(2)3)10-14-8-7-9-15(20-5)16(14)18/h7-9,13,19H,6,10-12H2,1-5H3. The largest absolute Gasteiger partial charge is 0.494 e. The third-order valence-electron chi connectivity index (χ3n) is 3.84. The average Bonchev–Trinajstić information content (AvgIpc) is 2.41. The molecule has 0 aliphatic heterocycles. The van der Waals surface area contributed by atoms with Crippen LogP contribution >= 0.6 is 0 Å². The fourth-order valence-corrected chi connectivity index (χ4v) is 2.29. The molecular weight excluding hydrogens is 253 g/mol. The van der Waals surface area contributed by atoms with Gasteiger partial charge < -0.3 is 10.1 Å². The van der Waals surface area contributed by atoms with Crippen molar-refractivity contribution < 1.29 is 9.13 Å². The zero-order valence-corrected chi connectivity index (χ0v) is 13.4. The molecule has 0 spiro atoms. The van der Waals surface area contributed by atoms with E-state index < -0.39 is 0 Å². The van der Waals surface area contributed by atoms with Crippen molar-refractivity contribution in [3.63, 3.8) is 0 Å². The zero-order chi connectivity index (χ0) is 15.2. The lowest BCUT2D eigenvalue weighted by atomic mass is 9.81. The van der Waals surface area contributed by atoms with Gasteiger partial charge in [-0.2, -0.15) is 0 Å². The highest BCUT2D eigenvalue weighted by atomic mass is 19.1. The van der Waals surface area contributed by atoms with Crippen molar-refractivity contribution in [2.45, 2.75) is 40.5 Å². The Labute approximate surface area is 122 Å². The summed E-state index contributed by atoms with van der Waals surface area (Å²) < 4.78 is 19.3. The van der Waals surface area contributed by atoms with E-state index in [0.29, 0.717) is 11.7 Å². The van der Waals surface area contributed by atoms with Gasteiger partial charge in [0.05, 0.1) is 7.11 Å². The summed E-state index contributed by atoms with van der Waals surface area (Å²) in [5.74, 6) is 0.735. The van der Waals surface area contributed by atoms with Crippen LogP contribution in [0.4, 0.5) is 4.39 Å². The van der Waals surface area contributed by atoms with Crippen molar-refractivity contribution in [3.05, 3.63) is 29.6 Å². The van der Waals surface area contributed by atoms with Gasteiger partial charge in [-0.05, 0) is 42.3 Å². The van der Waals surface area contributed by atoms with Crippen molar-refractivity contribution in [2.75, 3.05) is 20.2 Å². The second-order valence-corrected chi connectivity index (χ2v) is 6.30. The first-order valence-electron chi connectivity index (χ1n) is 7.44. The van der Waals surface area contributed by atoms with Crippen molar-refractivity contribution in [3.8, 4) is 5.75 Å². The molecule has 0 heterocycles. The Kier molecular flexibility index (Phi) is 6.47. The molecule has 0 saturated carbocycles. The van der Waals surface area contributed by atoms with Gasteiger partial charge in [-0.15, -0.1) is 0 Å². The van der Waals surface area contributed by atoms with E-state index >= 15 is 0 Å². The van der Waals surface area contributed by atoms with Gasteiger partial charge in [-0.3, -0.25) is 0 Å². The topological polar surface area (TPSA) is 21.3 Å². The third kappa shape index (κ3) is 4.78. The van der Waals surface area contributed by atoms with E-state index in [0.717, 1.165) is 31.5 Å². The summed E-state index contributed by atoms with van der Waals surface area (Å²) in [4.78, 5) is 0. The van der Waals surface area contributed by atoms with Crippen molar-refractivity contribution in [1.29, 1.82) is 0 Å². The number of rotatable bonds is 8. The lowest BCUT2D eigenvalue weighted by Gasteiger charge is -2.29. The van der Waals surface area contributed by atoms with Gasteiger partial charge in [0.1, 0.15) is 0 Å². The first-order valence-corrected chi connectivity index (χ1v) is 7.44. The van der Waals surface area contributed by atoms with Crippen molar-refractivity contribution in [1.82, 2.24) is 5.32 Å². The highest BCUT2D eigenvalue weighted by Crippen LogP contribution is 2.29. The van der Waals surface area contributed by atoms with Gasteiger partial charge in [0.15, 0.2) is 11.6 Å². The van der Waals surface area contributed by atoms with E-state index in [1.54, 1.807) is 6.07 Å². The molecule has 0 aliphatic carbocycles. The van der Waals surface area contributed by atoms with Gasteiger partial charge in [0, 0.05) is 6.54 Å². The summed E-state index contributed by atoms with van der Waals surface area (Å²) in [5, 5.41) is 3.49. The van der Waals surface area contributed by atoms with Crippen LogP contribution in [0.1, 0.15) is 39.7 Å². The highest BCUT2D eigenvalue weighted by molar-refractivity contribution is 5.31. The second-order valence-electron chi connectivity index (χ2n) is 6.30.